The average molecular weight is 330 g/mol. The van der Waals surface area contributed by atoms with Crippen molar-refractivity contribution in [1.82, 2.24) is 15.0 Å². The summed E-state index contributed by atoms with van der Waals surface area (Å²) in [7, 11) is 1.37. The summed E-state index contributed by atoms with van der Waals surface area (Å²) in [5.41, 5.74) is 2.23. The van der Waals surface area contributed by atoms with Crippen LogP contribution in [0.2, 0.25) is 0 Å². The molecule has 1 aromatic carbocycles. The number of nitrogens with one attached hydrogen (secondary N) is 1. The van der Waals surface area contributed by atoms with E-state index in [1.807, 2.05) is 0 Å². The van der Waals surface area contributed by atoms with Crippen molar-refractivity contribution in [2.75, 3.05) is 12.5 Å². The number of methoxy groups -OCH3 is 1. The number of halogens is 2. The largest absolute Gasteiger partial charge is 0.467 e. The predicted octanol–water partition coefficient (Wildman–Crippen LogP) is 1.86. The van der Waals surface area contributed by atoms with Crippen molar-refractivity contribution < 1.29 is 13.9 Å². The zero-order chi connectivity index (χ0) is 13.8. The van der Waals surface area contributed by atoms with Gasteiger partial charge in [-0.2, -0.15) is 9.97 Å². The Hall–Kier alpha value is -2.00. The molecule has 100 valence electrons. The quantitative estimate of drug-likeness (QED) is 0.652. The Morgan fingerprint density at radius 2 is 2.00 bits per heavy atom. The lowest BCUT2D eigenvalue weighted by atomic mass is 10.3. The highest BCUT2D eigenvalue weighted by Gasteiger charge is 2.11. The third kappa shape index (κ3) is 3.26. The molecular formula is C10H9BrFN5O2. The second-order valence-electron chi connectivity index (χ2n) is 3.25. The highest BCUT2D eigenvalue weighted by atomic mass is 79.9. The molecule has 0 spiro atoms. The molecule has 0 saturated heterocycles. The number of benzene rings is 1. The topological polar surface area (TPSA) is 95.2 Å². The third-order valence-corrected chi connectivity index (χ3v) is 2.49. The highest BCUT2D eigenvalue weighted by Crippen LogP contribution is 2.25. The van der Waals surface area contributed by atoms with E-state index in [9.17, 15) is 4.39 Å². The van der Waals surface area contributed by atoms with Crippen LogP contribution in [0, 0.1) is 5.82 Å². The Morgan fingerprint density at radius 1 is 1.26 bits per heavy atom. The van der Waals surface area contributed by atoms with Crippen LogP contribution in [0.25, 0.3) is 0 Å². The van der Waals surface area contributed by atoms with Crippen LogP contribution >= 0.6 is 15.9 Å². The maximum atomic E-state index is 13.6. The molecule has 0 amide bonds. The monoisotopic (exact) mass is 329 g/mol. The first kappa shape index (κ1) is 13.4. The summed E-state index contributed by atoms with van der Waals surface area (Å²) < 4.78 is 24.3. The van der Waals surface area contributed by atoms with Gasteiger partial charge < -0.3 is 9.47 Å². The molecule has 2 aromatic rings. The zero-order valence-corrected chi connectivity index (χ0v) is 11.3. The number of rotatable bonds is 4. The van der Waals surface area contributed by atoms with Gasteiger partial charge in [0.15, 0.2) is 11.6 Å². The minimum atomic E-state index is -0.559. The maximum Gasteiger partial charge on any atom is 0.330 e. The predicted molar refractivity (Wildman–Crippen MR) is 68.4 cm³/mol. The Bertz CT molecular complexity index is 576. The van der Waals surface area contributed by atoms with Gasteiger partial charge in [0.1, 0.15) is 0 Å². The molecule has 9 heteroatoms. The number of hydrogen-bond acceptors (Lipinski definition) is 7. The van der Waals surface area contributed by atoms with Gasteiger partial charge >= 0.3 is 12.0 Å². The maximum absolute atomic E-state index is 13.6. The molecule has 0 aliphatic heterocycles. The summed E-state index contributed by atoms with van der Waals surface area (Å²) in [4.78, 5) is 11.4. The summed E-state index contributed by atoms with van der Waals surface area (Å²) in [5.74, 6) is 4.64. The molecule has 7 nitrogen and oxygen atoms in total. The van der Waals surface area contributed by atoms with E-state index in [1.54, 1.807) is 6.07 Å². The fourth-order valence-electron chi connectivity index (χ4n) is 1.20. The van der Waals surface area contributed by atoms with Gasteiger partial charge in [0, 0.05) is 4.47 Å². The first-order valence-electron chi connectivity index (χ1n) is 5.02. The minimum Gasteiger partial charge on any atom is -0.467 e. The van der Waals surface area contributed by atoms with E-state index in [2.05, 4.69) is 36.3 Å². The summed E-state index contributed by atoms with van der Waals surface area (Å²) in [6, 6.07) is 4.18. The van der Waals surface area contributed by atoms with Gasteiger partial charge in [-0.1, -0.05) is 15.9 Å². The van der Waals surface area contributed by atoms with Gasteiger partial charge in [-0.3, -0.25) is 5.43 Å². The molecule has 2 rings (SSSR count). The molecule has 0 atom stereocenters. The first-order chi connectivity index (χ1) is 9.12. The van der Waals surface area contributed by atoms with Gasteiger partial charge in [-0.25, -0.2) is 10.2 Å². The van der Waals surface area contributed by atoms with Crippen LogP contribution in [-0.4, -0.2) is 22.1 Å². The van der Waals surface area contributed by atoms with Crippen molar-refractivity contribution in [3.05, 3.63) is 28.5 Å². The number of ether oxygens (including phenoxy) is 2. The summed E-state index contributed by atoms with van der Waals surface area (Å²) in [6.45, 7) is 0. The Morgan fingerprint density at radius 3 is 2.63 bits per heavy atom. The normalized spacial score (nSPS) is 10.1. The second kappa shape index (κ2) is 5.76. The molecule has 0 bridgehead atoms. The number of hydrogen-bond donors (Lipinski definition) is 2. The van der Waals surface area contributed by atoms with Crippen molar-refractivity contribution in [3.8, 4) is 17.8 Å². The number of nitrogens with two attached hydrogens (primary N) is 1. The van der Waals surface area contributed by atoms with Crippen LogP contribution in [0.5, 0.6) is 17.8 Å². The van der Waals surface area contributed by atoms with Crippen LogP contribution in [0.1, 0.15) is 0 Å². The van der Waals surface area contributed by atoms with Gasteiger partial charge in [-0.05, 0) is 18.2 Å². The molecule has 1 heterocycles. The van der Waals surface area contributed by atoms with Crippen LogP contribution in [0.4, 0.5) is 10.3 Å². The standard InChI is InChI=1S/C10H9BrFN5O2/c1-18-9-14-8(17-13)15-10(16-9)19-7-3-2-5(11)4-6(7)12/h2-4H,13H2,1H3,(H,14,15,16,17). The Kier molecular flexibility index (Phi) is 4.07. The van der Waals surface area contributed by atoms with E-state index in [0.29, 0.717) is 4.47 Å². The van der Waals surface area contributed by atoms with Crippen molar-refractivity contribution in [2.45, 2.75) is 0 Å². The van der Waals surface area contributed by atoms with E-state index in [4.69, 9.17) is 15.3 Å². The molecule has 3 N–H and O–H groups in total. The number of anilines is 1. The Labute approximate surface area is 116 Å². The number of hydrazine groups is 1. The van der Waals surface area contributed by atoms with Crippen molar-refractivity contribution in [3.63, 3.8) is 0 Å². The van der Waals surface area contributed by atoms with Crippen molar-refractivity contribution >= 4 is 21.9 Å². The van der Waals surface area contributed by atoms with Crippen LogP contribution < -0.4 is 20.7 Å². The zero-order valence-electron chi connectivity index (χ0n) is 9.72. The summed E-state index contributed by atoms with van der Waals surface area (Å²) in [6.07, 6.45) is 0. The van der Waals surface area contributed by atoms with E-state index in [1.165, 1.54) is 19.2 Å². The van der Waals surface area contributed by atoms with Crippen molar-refractivity contribution in [1.29, 1.82) is 0 Å². The van der Waals surface area contributed by atoms with Crippen LogP contribution in [0.3, 0.4) is 0 Å². The fourth-order valence-corrected chi connectivity index (χ4v) is 1.53. The number of aromatic nitrogens is 3. The molecule has 0 radical (unpaired) electrons. The first-order valence-corrected chi connectivity index (χ1v) is 5.81. The van der Waals surface area contributed by atoms with Gasteiger partial charge in [-0.15, -0.1) is 4.98 Å². The Balaban J connectivity index is 2.31. The number of nitrogens with zero attached hydrogens (tertiary/aromatic N) is 3. The molecule has 0 saturated carbocycles. The van der Waals surface area contributed by atoms with Gasteiger partial charge in [0.25, 0.3) is 0 Å². The lowest BCUT2D eigenvalue weighted by Gasteiger charge is -2.07. The summed E-state index contributed by atoms with van der Waals surface area (Å²) in [5, 5.41) is 0. The smallest absolute Gasteiger partial charge is 0.330 e. The average Bonchev–Trinajstić information content (AvgIpc) is 2.41. The molecular weight excluding hydrogens is 321 g/mol. The lowest BCUT2D eigenvalue weighted by Crippen LogP contribution is -2.12. The molecule has 0 aliphatic carbocycles. The highest BCUT2D eigenvalue weighted by molar-refractivity contribution is 9.10. The molecule has 0 fully saturated rings. The van der Waals surface area contributed by atoms with E-state index < -0.39 is 5.82 Å². The van der Waals surface area contributed by atoms with Crippen LogP contribution in [-0.2, 0) is 0 Å². The fraction of sp³-hybridized carbons (Fsp3) is 0.100. The van der Waals surface area contributed by atoms with E-state index in [-0.39, 0.29) is 23.7 Å². The van der Waals surface area contributed by atoms with Gasteiger partial charge in [0.05, 0.1) is 7.11 Å². The summed E-state index contributed by atoms with van der Waals surface area (Å²) >= 11 is 3.14. The number of nitrogen functional groups attached to an aromatic ring is 1. The molecule has 0 unspecified atom stereocenters. The van der Waals surface area contributed by atoms with E-state index in [0.717, 1.165) is 0 Å². The SMILES string of the molecule is COc1nc(NN)nc(Oc2ccc(Br)cc2F)n1. The second-order valence-corrected chi connectivity index (χ2v) is 4.17. The molecule has 19 heavy (non-hydrogen) atoms. The van der Waals surface area contributed by atoms with Crippen LogP contribution in [0.15, 0.2) is 22.7 Å². The minimum absolute atomic E-state index is 0.00419. The molecule has 0 aliphatic rings. The lowest BCUT2D eigenvalue weighted by molar-refractivity contribution is 0.355. The third-order valence-electron chi connectivity index (χ3n) is 2.00. The van der Waals surface area contributed by atoms with Gasteiger partial charge in [0.2, 0.25) is 5.95 Å². The van der Waals surface area contributed by atoms with Crippen molar-refractivity contribution in [2.24, 2.45) is 5.84 Å². The molecule has 1 aromatic heterocycles. The van der Waals surface area contributed by atoms with E-state index >= 15 is 0 Å².